The average Bonchev–Trinajstić information content (AvgIpc) is 3.13. The minimum atomic E-state index is -0.357. The largest absolute Gasteiger partial charge is 0.486 e. The van der Waals surface area contributed by atoms with Crippen molar-refractivity contribution < 1.29 is 18.6 Å². The Morgan fingerprint density at radius 1 is 1.40 bits per heavy atom. The first-order chi connectivity index (χ1) is 12.2. The third-order valence-corrected chi connectivity index (χ3v) is 3.80. The second-order valence-electron chi connectivity index (χ2n) is 5.95. The van der Waals surface area contributed by atoms with E-state index in [1.54, 1.807) is 25.2 Å². The summed E-state index contributed by atoms with van der Waals surface area (Å²) in [6.07, 6.45) is 1.92. The van der Waals surface area contributed by atoms with Crippen LogP contribution in [0.3, 0.4) is 0 Å². The number of halogens is 1. The number of nitrogens with zero attached hydrogens (tertiary/aromatic N) is 1. The van der Waals surface area contributed by atoms with Gasteiger partial charge in [0.15, 0.2) is 17.5 Å². The summed E-state index contributed by atoms with van der Waals surface area (Å²) in [5, 5.41) is 6.39. The standard InChI is InChI=1S/C18H28FN3O3/c1-14(25-17-7-4-3-6-16(17)19)12-22-18(20-2)21-9-5-10-24-15-8-11-23-13-15/h3-4,6-7,14-15H,5,8-13H2,1-2H3,(H2,20,21,22). The summed E-state index contributed by atoms with van der Waals surface area (Å²) in [7, 11) is 1.71. The van der Waals surface area contributed by atoms with Gasteiger partial charge in [-0.3, -0.25) is 4.99 Å². The predicted octanol–water partition coefficient (Wildman–Crippen LogP) is 1.95. The molecule has 7 heteroatoms. The molecule has 0 amide bonds. The zero-order chi connectivity index (χ0) is 17.9. The van der Waals surface area contributed by atoms with E-state index in [4.69, 9.17) is 14.2 Å². The summed E-state index contributed by atoms with van der Waals surface area (Å²) in [5.74, 6) is 0.588. The molecule has 6 nitrogen and oxygen atoms in total. The zero-order valence-electron chi connectivity index (χ0n) is 15.0. The number of para-hydroxylation sites is 1. The molecule has 140 valence electrons. The molecule has 2 unspecified atom stereocenters. The average molecular weight is 353 g/mol. The summed E-state index contributed by atoms with van der Waals surface area (Å²) in [6.45, 7) is 5.36. The van der Waals surface area contributed by atoms with Crippen molar-refractivity contribution in [3.63, 3.8) is 0 Å². The highest BCUT2D eigenvalue weighted by Crippen LogP contribution is 2.16. The molecule has 0 radical (unpaired) electrons. The van der Waals surface area contributed by atoms with Crippen LogP contribution in [0, 0.1) is 5.82 Å². The number of ether oxygens (including phenoxy) is 3. The monoisotopic (exact) mass is 353 g/mol. The summed E-state index contributed by atoms with van der Waals surface area (Å²) in [5.41, 5.74) is 0. The van der Waals surface area contributed by atoms with Gasteiger partial charge in [0.1, 0.15) is 6.10 Å². The minimum absolute atomic E-state index is 0.193. The second-order valence-corrected chi connectivity index (χ2v) is 5.95. The van der Waals surface area contributed by atoms with Crippen LogP contribution in [0.1, 0.15) is 19.8 Å². The highest BCUT2D eigenvalue weighted by atomic mass is 19.1. The first-order valence-corrected chi connectivity index (χ1v) is 8.74. The van der Waals surface area contributed by atoms with Gasteiger partial charge in [-0.05, 0) is 31.9 Å². The number of hydrogen-bond donors (Lipinski definition) is 2. The van der Waals surface area contributed by atoms with Crippen LogP contribution in [-0.4, -0.2) is 58.1 Å². The van der Waals surface area contributed by atoms with Crippen LogP contribution in [0.15, 0.2) is 29.3 Å². The molecule has 1 saturated heterocycles. The first-order valence-electron chi connectivity index (χ1n) is 8.74. The van der Waals surface area contributed by atoms with Gasteiger partial charge in [0.05, 0.1) is 19.3 Å². The van der Waals surface area contributed by atoms with Gasteiger partial charge in [0.25, 0.3) is 0 Å². The van der Waals surface area contributed by atoms with Gasteiger partial charge in [-0.15, -0.1) is 0 Å². The Kier molecular flexibility index (Phi) is 8.48. The maximum Gasteiger partial charge on any atom is 0.191 e. The Labute approximate surface area is 148 Å². The Balaban J connectivity index is 1.58. The topological polar surface area (TPSA) is 64.1 Å². The van der Waals surface area contributed by atoms with Gasteiger partial charge in [-0.2, -0.15) is 0 Å². The van der Waals surface area contributed by atoms with Crippen molar-refractivity contribution in [2.75, 3.05) is 40.0 Å². The molecule has 2 atom stereocenters. The van der Waals surface area contributed by atoms with Crippen LogP contribution in [0.25, 0.3) is 0 Å². The number of benzene rings is 1. The van der Waals surface area contributed by atoms with Crippen molar-refractivity contribution in [2.24, 2.45) is 4.99 Å². The van der Waals surface area contributed by atoms with Gasteiger partial charge < -0.3 is 24.8 Å². The lowest BCUT2D eigenvalue weighted by Gasteiger charge is -2.18. The summed E-state index contributed by atoms with van der Waals surface area (Å²) >= 11 is 0. The number of rotatable bonds is 9. The van der Waals surface area contributed by atoms with Gasteiger partial charge in [0, 0.05) is 26.8 Å². The molecule has 1 aliphatic rings. The van der Waals surface area contributed by atoms with Crippen LogP contribution >= 0.6 is 0 Å². The lowest BCUT2D eigenvalue weighted by Crippen LogP contribution is -2.42. The highest BCUT2D eigenvalue weighted by Gasteiger charge is 2.15. The quantitative estimate of drug-likeness (QED) is 0.404. The van der Waals surface area contributed by atoms with Crippen molar-refractivity contribution in [2.45, 2.75) is 32.0 Å². The maximum atomic E-state index is 13.6. The van der Waals surface area contributed by atoms with E-state index in [1.165, 1.54) is 6.07 Å². The third kappa shape index (κ3) is 7.27. The van der Waals surface area contributed by atoms with E-state index < -0.39 is 0 Å². The van der Waals surface area contributed by atoms with E-state index in [0.29, 0.717) is 25.7 Å². The molecule has 0 spiro atoms. The summed E-state index contributed by atoms with van der Waals surface area (Å²) < 4.78 is 30.1. The van der Waals surface area contributed by atoms with E-state index in [-0.39, 0.29) is 23.8 Å². The second kappa shape index (κ2) is 10.9. The van der Waals surface area contributed by atoms with Crippen LogP contribution in [-0.2, 0) is 9.47 Å². The Bertz CT molecular complexity index is 536. The van der Waals surface area contributed by atoms with Crippen LogP contribution in [0.2, 0.25) is 0 Å². The lowest BCUT2D eigenvalue weighted by atomic mass is 10.3. The smallest absolute Gasteiger partial charge is 0.191 e. The molecule has 1 aromatic carbocycles. The fourth-order valence-corrected chi connectivity index (χ4v) is 2.43. The third-order valence-electron chi connectivity index (χ3n) is 3.80. The minimum Gasteiger partial charge on any atom is -0.486 e. The van der Waals surface area contributed by atoms with E-state index in [0.717, 1.165) is 26.0 Å². The van der Waals surface area contributed by atoms with Crippen LogP contribution in [0.5, 0.6) is 5.75 Å². The van der Waals surface area contributed by atoms with Gasteiger partial charge in [-0.1, -0.05) is 12.1 Å². The fraction of sp³-hybridized carbons (Fsp3) is 0.611. The highest BCUT2D eigenvalue weighted by molar-refractivity contribution is 5.79. The van der Waals surface area contributed by atoms with Crippen molar-refractivity contribution >= 4 is 5.96 Å². The molecule has 0 saturated carbocycles. The zero-order valence-corrected chi connectivity index (χ0v) is 15.0. The Morgan fingerprint density at radius 3 is 2.96 bits per heavy atom. The molecule has 0 bridgehead atoms. The molecule has 2 rings (SSSR count). The number of guanidine groups is 1. The normalized spacial score (nSPS) is 18.8. The Morgan fingerprint density at radius 2 is 2.24 bits per heavy atom. The van der Waals surface area contributed by atoms with Crippen molar-refractivity contribution in [1.29, 1.82) is 0 Å². The molecule has 1 aromatic rings. The van der Waals surface area contributed by atoms with E-state index in [1.807, 2.05) is 6.92 Å². The van der Waals surface area contributed by atoms with Crippen LogP contribution in [0.4, 0.5) is 4.39 Å². The molecular weight excluding hydrogens is 325 g/mol. The Hall–Kier alpha value is -1.86. The van der Waals surface area contributed by atoms with E-state index in [9.17, 15) is 4.39 Å². The SMILES string of the molecule is CN=C(NCCCOC1CCOC1)NCC(C)Oc1ccccc1F. The van der Waals surface area contributed by atoms with Crippen molar-refractivity contribution in [3.8, 4) is 5.75 Å². The number of aliphatic imine (C=N–C) groups is 1. The van der Waals surface area contributed by atoms with Crippen LogP contribution < -0.4 is 15.4 Å². The van der Waals surface area contributed by atoms with Gasteiger partial charge in [-0.25, -0.2) is 4.39 Å². The predicted molar refractivity (Wildman–Crippen MR) is 95.6 cm³/mol. The van der Waals surface area contributed by atoms with Crippen molar-refractivity contribution in [1.82, 2.24) is 10.6 Å². The van der Waals surface area contributed by atoms with E-state index in [2.05, 4.69) is 15.6 Å². The fourth-order valence-electron chi connectivity index (χ4n) is 2.43. The molecular formula is C18H28FN3O3. The molecule has 1 heterocycles. The molecule has 1 aliphatic heterocycles. The summed E-state index contributed by atoms with van der Waals surface area (Å²) in [4.78, 5) is 4.16. The first kappa shape index (κ1) is 19.5. The molecule has 0 aromatic heterocycles. The van der Waals surface area contributed by atoms with Gasteiger partial charge >= 0.3 is 0 Å². The number of hydrogen-bond acceptors (Lipinski definition) is 4. The maximum absolute atomic E-state index is 13.6. The van der Waals surface area contributed by atoms with Gasteiger partial charge in [0.2, 0.25) is 0 Å². The molecule has 25 heavy (non-hydrogen) atoms. The molecule has 1 fully saturated rings. The van der Waals surface area contributed by atoms with Crippen molar-refractivity contribution in [3.05, 3.63) is 30.1 Å². The molecule has 2 N–H and O–H groups in total. The van der Waals surface area contributed by atoms with E-state index >= 15 is 0 Å². The summed E-state index contributed by atoms with van der Waals surface area (Å²) in [6, 6.07) is 6.39. The molecule has 0 aliphatic carbocycles. The lowest BCUT2D eigenvalue weighted by molar-refractivity contribution is 0.0420. The number of nitrogens with one attached hydrogen (secondary N) is 2.